The Bertz CT molecular complexity index is 1350. The molecule has 1 aliphatic carbocycles. The Kier molecular flexibility index (Phi) is 8.55. The van der Waals surface area contributed by atoms with Gasteiger partial charge in [0.1, 0.15) is 4.88 Å². The molecule has 2 atom stereocenters. The maximum Gasteiger partial charge on any atom is 0.353 e. The van der Waals surface area contributed by atoms with Crippen molar-refractivity contribution in [2.75, 3.05) is 35.5 Å². The number of methoxy groups -OCH3 is 5. The molecule has 7 nitrogen and oxygen atoms in total. The van der Waals surface area contributed by atoms with Gasteiger partial charge in [0.25, 0.3) is 0 Å². The molecule has 1 aliphatic rings. The average Bonchev–Trinajstić information content (AvgIpc) is 3.45. The molecule has 0 spiro atoms. The largest absolute Gasteiger partial charge is 0.492 e. The highest BCUT2D eigenvalue weighted by atomic mass is 35.5. The van der Waals surface area contributed by atoms with E-state index in [1.165, 1.54) is 46.9 Å². The fourth-order valence-electron chi connectivity index (χ4n) is 4.92. The standard InChI is InChI=1S/C28H30Cl2O7S/c1-13-11-15-18(22(32-3)26(35-6)24(33-4)20(15)29)19-16(12-14(13)2)21(30)25(34-5)27(36-7)23(19)37-28(31)17-9-8-10-38-17/h8-10,13-14H,11-12H2,1-7H3. The summed E-state index contributed by atoms with van der Waals surface area (Å²) in [5.41, 5.74) is 2.62. The highest BCUT2D eigenvalue weighted by molar-refractivity contribution is 7.12. The van der Waals surface area contributed by atoms with Crippen molar-refractivity contribution in [3.8, 4) is 45.6 Å². The van der Waals surface area contributed by atoms with Crippen LogP contribution >= 0.6 is 34.5 Å². The molecule has 2 unspecified atom stereocenters. The number of rotatable bonds is 7. The Balaban J connectivity index is 2.21. The van der Waals surface area contributed by atoms with Gasteiger partial charge in [0.2, 0.25) is 11.5 Å². The maximum atomic E-state index is 13.3. The summed E-state index contributed by atoms with van der Waals surface area (Å²) in [6.45, 7) is 4.31. The second kappa shape index (κ2) is 11.5. The number of hydrogen-bond acceptors (Lipinski definition) is 8. The smallest absolute Gasteiger partial charge is 0.353 e. The molecule has 2 aromatic carbocycles. The summed E-state index contributed by atoms with van der Waals surface area (Å²) in [4.78, 5) is 13.7. The topological polar surface area (TPSA) is 72.5 Å². The van der Waals surface area contributed by atoms with Crippen LogP contribution in [0.15, 0.2) is 17.5 Å². The van der Waals surface area contributed by atoms with E-state index in [4.69, 9.17) is 51.6 Å². The normalized spacial score (nSPS) is 16.4. The van der Waals surface area contributed by atoms with Gasteiger partial charge in [-0.2, -0.15) is 0 Å². The van der Waals surface area contributed by atoms with Crippen LogP contribution in [0.5, 0.6) is 34.5 Å². The highest BCUT2D eigenvalue weighted by Gasteiger charge is 2.38. The van der Waals surface area contributed by atoms with Gasteiger partial charge < -0.3 is 28.4 Å². The van der Waals surface area contributed by atoms with Crippen molar-refractivity contribution in [1.29, 1.82) is 0 Å². The van der Waals surface area contributed by atoms with Crippen LogP contribution in [-0.4, -0.2) is 41.5 Å². The van der Waals surface area contributed by atoms with Gasteiger partial charge in [-0.05, 0) is 47.3 Å². The predicted octanol–water partition coefficient (Wildman–Crippen LogP) is 7.35. The lowest BCUT2D eigenvalue weighted by molar-refractivity contribution is 0.0735. The van der Waals surface area contributed by atoms with Gasteiger partial charge in [0, 0.05) is 11.1 Å². The molecule has 10 heteroatoms. The van der Waals surface area contributed by atoms with Crippen LogP contribution in [0.4, 0.5) is 0 Å². The fourth-order valence-corrected chi connectivity index (χ4v) is 6.19. The summed E-state index contributed by atoms with van der Waals surface area (Å²) in [5, 5.41) is 2.54. The van der Waals surface area contributed by atoms with Crippen LogP contribution in [0.1, 0.15) is 34.6 Å². The van der Waals surface area contributed by atoms with Gasteiger partial charge in [0.15, 0.2) is 23.0 Å². The van der Waals surface area contributed by atoms with Gasteiger partial charge in [-0.25, -0.2) is 4.79 Å². The van der Waals surface area contributed by atoms with Gasteiger partial charge in [0.05, 0.1) is 45.6 Å². The van der Waals surface area contributed by atoms with Gasteiger partial charge >= 0.3 is 5.97 Å². The Morgan fingerprint density at radius 3 is 1.61 bits per heavy atom. The van der Waals surface area contributed by atoms with Crippen LogP contribution in [0, 0.1) is 11.8 Å². The van der Waals surface area contributed by atoms with E-state index in [2.05, 4.69) is 13.8 Å². The quantitative estimate of drug-likeness (QED) is 0.213. The molecule has 0 bridgehead atoms. The first-order valence-corrected chi connectivity index (χ1v) is 13.6. The zero-order valence-electron chi connectivity index (χ0n) is 22.3. The second-order valence-electron chi connectivity index (χ2n) is 9.06. The minimum atomic E-state index is -0.541. The van der Waals surface area contributed by atoms with E-state index in [9.17, 15) is 4.79 Å². The Morgan fingerprint density at radius 1 is 0.737 bits per heavy atom. The number of carbonyl (C=O) groups is 1. The monoisotopic (exact) mass is 580 g/mol. The SMILES string of the molecule is COc1c(Cl)c2c(c(OC)c1OC)-c1c(c(Cl)c(OC)c(OC)c1OC(=O)c1cccs1)CC(C)C(C)C2. The van der Waals surface area contributed by atoms with E-state index in [0.717, 1.165) is 11.1 Å². The summed E-state index contributed by atoms with van der Waals surface area (Å²) >= 11 is 15.3. The van der Waals surface area contributed by atoms with Crippen molar-refractivity contribution < 1.29 is 33.2 Å². The Morgan fingerprint density at radius 2 is 1.18 bits per heavy atom. The van der Waals surface area contributed by atoms with Crippen molar-refractivity contribution >= 4 is 40.5 Å². The lowest BCUT2D eigenvalue weighted by Crippen LogP contribution is -2.20. The third-order valence-electron chi connectivity index (χ3n) is 7.02. The number of halogens is 2. The molecule has 3 aromatic rings. The molecule has 0 fully saturated rings. The molecular weight excluding hydrogens is 551 g/mol. The molecule has 4 rings (SSSR count). The van der Waals surface area contributed by atoms with E-state index in [1.807, 2.05) is 0 Å². The van der Waals surface area contributed by atoms with E-state index in [0.29, 0.717) is 56.1 Å². The number of benzene rings is 2. The van der Waals surface area contributed by atoms with Crippen molar-refractivity contribution in [2.45, 2.75) is 26.7 Å². The average molecular weight is 582 g/mol. The van der Waals surface area contributed by atoms with Gasteiger partial charge in [-0.3, -0.25) is 0 Å². The number of carbonyl (C=O) groups excluding carboxylic acids is 1. The van der Waals surface area contributed by atoms with Crippen LogP contribution in [-0.2, 0) is 12.8 Å². The molecule has 1 heterocycles. The van der Waals surface area contributed by atoms with Crippen LogP contribution < -0.4 is 28.4 Å². The number of esters is 1. The second-order valence-corrected chi connectivity index (χ2v) is 10.8. The zero-order valence-corrected chi connectivity index (χ0v) is 24.7. The molecule has 0 saturated carbocycles. The molecule has 1 aromatic heterocycles. The Labute approximate surface area is 236 Å². The van der Waals surface area contributed by atoms with E-state index in [1.54, 1.807) is 17.5 Å². The summed E-state index contributed by atoms with van der Waals surface area (Å²) in [6, 6.07) is 3.48. The van der Waals surface area contributed by atoms with Crippen molar-refractivity contribution in [3.05, 3.63) is 43.6 Å². The number of fused-ring (bicyclic) bond motifs is 3. The van der Waals surface area contributed by atoms with E-state index >= 15 is 0 Å². The predicted molar refractivity (Wildman–Crippen MR) is 150 cm³/mol. The molecular formula is C28H30Cl2O7S. The summed E-state index contributed by atoms with van der Waals surface area (Å²) in [5.74, 6) is 1.52. The van der Waals surface area contributed by atoms with E-state index < -0.39 is 5.97 Å². The van der Waals surface area contributed by atoms with Crippen molar-refractivity contribution in [1.82, 2.24) is 0 Å². The minimum Gasteiger partial charge on any atom is -0.492 e. The molecule has 0 aliphatic heterocycles. The van der Waals surface area contributed by atoms with Crippen molar-refractivity contribution in [3.63, 3.8) is 0 Å². The summed E-state index contributed by atoms with van der Waals surface area (Å²) < 4.78 is 34.9. The molecule has 0 N–H and O–H groups in total. The molecule has 0 amide bonds. The molecule has 0 radical (unpaired) electrons. The van der Waals surface area contributed by atoms with Crippen LogP contribution in [0.3, 0.4) is 0 Å². The van der Waals surface area contributed by atoms with Gasteiger partial charge in [-0.15, -0.1) is 11.3 Å². The molecule has 38 heavy (non-hydrogen) atoms. The summed E-state index contributed by atoms with van der Waals surface area (Å²) in [6.07, 6.45) is 1.18. The number of hydrogen-bond donors (Lipinski definition) is 0. The van der Waals surface area contributed by atoms with E-state index in [-0.39, 0.29) is 29.1 Å². The first-order valence-electron chi connectivity index (χ1n) is 12.0. The molecule has 0 saturated heterocycles. The van der Waals surface area contributed by atoms with Gasteiger partial charge in [-0.1, -0.05) is 43.1 Å². The minimum absolute atomic E-state index is 0.159. The fraction of sp³-hybridized carbons (Fsp3) is 0.393. The third kappa shape index (κ3) is 4.63. The Hall–Kier alpha value is -2.81. The maximum absolute atomic E-state index is 13.3. The lowest BCUT2D eigenvalue weighted by atomic mass is 9.77. The van der Waals surface area contributed by atoms with Crippen LogP contribution in [0.2, 0.25) is 10.0 Å². The summed E-state index contributed by atoms with van der Waals surface area (Å²) in [7, 11) is 7.54. The zero-order chi connectivity index (χ0) is 27.7. The highest BCUT2D eigenvalue weighted by Crippen LogP contribution is 2.60. The first kappa shape index (κ1) is 28.2. The lowest BCUT2D eigenvalue weighted by Gasteiger charge is -2.32. The third-order valence-corrected chi connectivity index (χ3v) is 8.67. The number of ether oxygens (including phenoxy) is 6. The number of thiophene rings is 1. The first-order chi connectivity index (χ1) is 18.2. The molecule has 204 valence electrons. The van der Waals surface area contributed by atoms with Crippen LogP contribution in [0.25, 0.3) is 11.1 Å². The van der Waals surface area contributed by atoms with Crippen molar-refractivity contribution in [2.24, 2.45) is 11.8 Å².